The molecule has 2 aliphatic rings. The first-order chi connectivity index (χ1) is 17.3. The summed E-state index contributed by atoms with van der Waals surface area (Å²) in [6.07, 6.45) is 4.67. The molecule has 5 rings (SSSR count). The fraction of sp³-hybridized carbons (Fsp3) is 0.429. The predicted molar refractivity (Wildman–Crippen MR) is 144 cm³/mol. The van der Waals surface area contributed by atoms with E-state index in [-0.39, 0.29) is 11.8 Å². The standard InChI is InChI=1S/C28H34N4O3S/c1-20-15-21(2)17-24(16-20)29-28(33)23-7-6-12-31(19-23)27-11-8-22-18-25(9-10-26(22)30-27)36(34,35)32-13-4-3-5-14-32/h8-11,15-18,23H,3-7,12-14,19H2,1-2H3,(H,29,33). The SMILES string of the molecule is Cc1cc(C)cc(NC(=O)C2CCCN(c3ccc4cc(S(=O)(=O)N5CCCCC5)ccc4n3)C2)c1. The van der Waals surface area contributed by atoms with Crippen LogP contribution in [0.4, 0.5) is 11.5 Å². The molecule has 7 nitrogen and oxygen atoms in total. The topological polar surface area (TPSA) is 82.6 Å². The maximum absolute atomic E-state index is 13.1. The summed E-state index contributed by atoms with van der Waals surface area (Å²) >= 11 is 0. The molecule has 0 saturated carbocycles. The van der Waals surface area contributed by atoms with Crippen LogP contribution in [0.1, 0.15) is 43.2 Å². The van der Waals surface area contributed by atoms with Crippen LogP contribution in [0, 0.1) is 19.8 Å². The van der Waals surface area contributed by atoms with Crippen molar-refractivity contribution >= 4 is 38.3 Å². The van der Waals surface area contributed by atoms with Crippen LogP contribution in [0.3, 0.4) is 0 Å². The lowest BCUT2D eigenvalue weighted by molar-refractivity contribution is -0.120. The van der Waals surface area contributed by atoms with E-state index in [9.17, 15) is 13.2 Å². The molecule has 0 aliphatic carbocycles. The van der Waals surface area contributed by atoms with Gasteiger partial charge in [0.05, 0.1) is 16.3 Å². The number of benzene rings is 2. The number of sulfonamides is 1. The maximum Gasteiger partial charge on any atom is 0.243 e. The quantitative estimate of drug-likeness (QED) is 0.533. The minimum atomic E-state index is -3.48. The summed E-state index contributed by atoms with van der Waals surface area (Å²) in [7, 11) is -3.48. The van der Waals surface area contributed by atoms with Gasteiger partial charge in [-0.2, -0.15) is 4.31 Å². The van der Waals surface area contributed by atoms with E-state index in [1.54, 1.807) is 22.5 Å². The number of aromatic nitrogens is 1. The van der Waals surface area contributed by atoms with E-state index in [1.165, 1.54) is 0 Å². The number of piperidine rings is 2. The number of pyridine rings is 1. The van der Waals surface area contributed by atoms with Crippen molar-refractivity contribution in [1.29, 1.82) is 0 Å². The second-order valence-electron chi connectivity index (χ2n) is 10.1. The van der Waals surface area contributed by atoms with Crippen molar-refractivity contribution in [3.63, 3.8) is 0 Å². The molecule has 2 aliphatic heterocycles. The van der Waals surface area contributed by atoms with Gasteiger partial charge in [-0.15, -0.1) is 0 Å². The number of amides is 1. The Kier molecular flexibility index (Phi) is 6.99. The van der Waals surface area contributed by atoms with Crippen LogP contribution >= 0.6 is 0 Å². The van der Waals surface area contributed by atoms with Crippen molar-refractivity contribution in [3.05, 3.63) is 59.7 Å². The number of anilines is 2. The lowest BCUT2D eigenvalue weighted by Gasteiger charge is -2.33. The van der Waals surface area contributed by atoms with Gasteiger partial charge in [0.2, 0.25) is 15.9 Å². The normalized spacial score (nSPS) is 19.4. The molecule has 2 saturated heterocycles. The molecule has 2 aromatic carbocycles. The fourth-order valence-electron chi connectivity index (χ4n) is 5.37. The van der Waals surface area contributed by atoms with Crippen LogP contribution in [0.5, 0.6) is 0 Å². The fourth-order valence-corrected chi connectivity index (χ4v) is 6.93. The highest BCUT2D eigenvalue weighted by Crippen LogP contribution is 2.28. The highest BCUT2D eigenvalue weighted by molar-refractivity contribution is 7.89. The van der Waals surface area contributed by atoms with Crippen molar-refractivity contribution in [1.82, 2.24) is 9.29 Å². The Morgan fingerprint density at radius 3 is 2.42 bits per heavy atom. The number of hydrogen-bond donors (Lipinski definition) is 1. The van der Waals surface area contributed by atoms with Crippen LogP contribution in [0.25, 0.3) is 10.9 Å². The largest absolute Gasteiger partial charge is 0.356 e. The number of carbonyl (C=O) groups excluding carboxylic acids is 1. The minimum Gasteiger partial charge on any atom is -0.356 e. The lowest BCUT2D eigenvalue weighted by atomic mass is 9.96. The predicted octanol–water partition coefficient (Wildman–Crippen LogP) is 4.88. The zero-order valence-corrected chi connectivity index (χ0v) is 21.9. The summed E-state index contributed by atoms with van der Waals surface area (Å²) in [6.45, 7) is 6.68. The Bertz CT molecular complexity index is 1360. The zero-order valence-electron chi connectivity index (χ0n) is 21.0. The Morgan fingerprint density at radius 2 is 1.67 bits per heavy atom. The van der Waals surface area contributed by atoms with Crippen molar-refractivity contribution in [3.8, 4) is 0 Å². The van der Waals surface area contributed by atoms with E-state index in [1.807, 2.05) is 38.1 Å². The number of carbonyl (C=O) groups is 1. The third kappa shape index (κ3) is 5.25. The van der Waals surface area contributed by atoms with Crippen molar-refractivity contribution < 1.29 is 13.2 Å². The molecule has 3 heterocycles. The second-order valence-corrected chi connectivity index (χ2v) is 12.1. The Balaban J connectivity index is 1.31. The van der Waals surface area contributed by atoms with Gasteiger partial charge in [0.25, 0.3) is 0 Å². The number of aryl methyl sites for hydroxylation is 2. The third-order valence-electron chi connectivity index (χ3n) is 7.20. The molecule has 0 spiro atoms. The van der Waals surface area contributed by atoms with Crippen LogP contribution in [0.2, 0.25) is 0 Å². The van der Waals surface area contributed by atoms with E-state index in [0.717, 1.165) is 72.2 Å². The van der Waals surface area contributed by atoms with Gasteiger partial charge in [-0.25, -0.2) is 13.4 Å². The second kappa shape index (κ2) is 10.2. The van der Waals surface area contributed by atoms with Gasteiger partial charge in [-0.1, -0.05) is 12.5 Å². The van der Waals surface area contributed by atoms with Crippen molar-refractivity contribution in [2.24, 2.45) is 5.92 Å². The molecular formula is C28H34N4O3S. The molecule has 1 amide bonds. The maximum atomic E-state index is 13.1. The highest BCUT2D eigenvalue weighted by Gasteiger charge is 2.28. The molecule has 190 valence electrons. The number of nitrogens with one attached hydrogen (secondary N) is 1. The molecule has 3 aromatic rings. The first kappa shape index (κ1) is 24.7. The van der Waals surface area contributed by atoms with Crippen LogP contribution in [-0.2, 0) is 14.8 Å². The summed E-state index contributed by atoms with van der Waals surface area (Å²) in [5, 5.41) is 3.90. The highest BCUT2D eigenvalue weighted by atomic mass is 32.2. The molecule has 1 atom stereocenters. The molecule has 2 fully saturated rings. The monoisotopic (exact) mass is 506 g/mol. The zero-order chi connectivity index (χ0) is 25.3. The van der Waals surface area contributed by atoms with E-state index in [2.05, 4.69) is 16.3 Å². The summed E-state index contributed by atoms with van der Waals surface area (Å²) < 4.78 is 27.7. The van der Waals surface area contributed by atoms with Gasteiger partial charge in [0, 0.05) is 37.3 Å². The molecule has 1 N–H and O–H groups in total. The summed E-state index contributed by atoms with van der Waals surface area (Å²) in [5.74, 6) is 0.741. The molecule has 1 aromatic heterocycles. The number of rotatable bonds is 5. The number of nitrogens with zero attached hydrogens (tertiary/aromatic N) is 3. The number of hydrogen-bond acceptors (Lipinski definition) is 5. The van der Waals surface area contributed by atoms with Gasteiger partial charge in [-0.3, -0.25) is 4.79 Å². The molecule has 36 heavy (non-hydrogen) atoms. The van der Waals surface area contributed by atoms with Crippen molar-refractivity contribution in [2.45, 2.75) is 50.8 Å². The number of fused-ring (bicyclic) bond motifs is 1. The van der Waals surface area contributed by atoms with E-state index in [0.29, 0.717) is 24.5 Å². The summed E-state index contributed by atoms with van der Waals surface area (Å²) in [6, 6.07) is 15.1. The van der Waals surface area contributed by atoms with Gasteiger partial charge >= 0.3 is 0 Å². The third-order valence-corrected chi connectivity index (χ3v) is 9.10. The average molecular weight is 507 g/mol. The van der Waals surface area contributed by atoms with Crippen LogP contribution in [-0.4, -0.2) is 49.8 Å². The Hall–Kier alpha value is -2.97. The smallest absolute Gasteiger partial charge is 0.243 e. The molecule has 8 heteroatoms. The average Bonchev–Trinajstić information content (AvgIpc) is 2.88. The first-order valence-corrected chi connectivity index (χ1v) is 14.3. The Morgan fingerprint density at radius 1 is 0.917 bits per heavy atom. The van der Waals surface area contributed by atoms with Gasteiger partial charge in [-0.05, 0) is 93.1 Å². The molecule has 0 bridgehead atoms. The Labute approximate surface area is 213 Å². The van der Waals surface area contributed by atoms with E-state index < -0.39 is 10.0 Å². The van der Waals surface area contributed by atoms with Gasteiger partial charge in [0.1, 0.15) is 5.82 Å². The summed E-state index contributed by atoms with van der Waals surface area (Å²) in [4.78, 5) is 20.3. The van der Waals surface area contributed by atoms with Crippen LogP contribution < -0.4 is 10.2 Å². The molecular weight excluding hydrogens is 472 g/mol. The van der Waals surface area contributed by atoms with Gasteiger partial charge in [0.15, 0.2) is 0 Å². The van der Waals surface area contributed by atoms with Crippen LogP contribution in [0.15, 0.2) is 53.4 Å². The van der Waals surface area contributed by atoms with E-state index in [4.69, 9.17) is 4.98 Å². The van der Waals surface area contributed by atoms with Crippen molar-refractivity contribution in [2.75, 3.05) is 36.4 Å². The minimum absolute atomic E-state index is 0.0399. The lowest BCUT2D eigenvalue weighted by Crippen LogP contribution is -2.41. The molecule has 0 radical (unpaired) electrons. The first-order valence-electron chi connectivity index (χ1n) is 12.8. The van der Waals surface area contributed by atoms with Gasteiger partial charge < -0.3 is 10.2 Å². The molecule has 1 unspecified atom stereocenters. The van der Waals surface area contributed by atoms with E-state index >= 15 is 0 Å². The summed E-state index contributed by atoms with van der Waals surface area (Å²) in [5.41, 5.74) is 3.85.